The number of carbonyl (C=O) groups excluding carboxylic acids is 2. The average Bonchev–Trinajstić information content (AvgIpc) is 2.61. The molecule has 2 aromatic rings. The predicted octanol–water partition coefficient (Wildman–Crippen LogP) is 4.29. The molecule has 0 unspecified atom stereocenters. The molecule has 1 amide bonds. The Hall–Kier alpha value is -2.04. The molecule has 0 heterocycles. The molecule has 2 rings (SSSR count). The first-order valence-corrected chi connectivity index (χ1v) is 8.67. The van der Waals surface area contributed by atoms with Gasteiger partial charge in [0.15, 0.2) is 6.61 Å². The molecule has 0 saturated carbocycles. The number of amides is 1. The van der Waals surface area contributed by atoms with Crippen molar-refractivity contribution in [1.29, 1.82) is 0 Å². The zero-order chi connectivity index (χ0) is 18.2. The van der Waals surface area contributed by atoms with Gasteiger partial charge >= 0.3 is 5.97 Å². The van der Waals surface area contributed by atoms with E-state index in [1.807, 2.05) is 37.3 Å². The molecule has 0 aliphatic heterocycles. The van der Waals surface area contributed by atoms with Crippen molar-refractivity contribution in [3.05, 3.63) is 69.7 Å². The van der Waals surface area contributed by atoms with E-state index in [-0.39, 0.29) is 34.2 Å². The molecule has 25 heavy (non-hydrogen) atoms. The van der Waals surface area contributed by atoms with Gasteiger partial charge in [-0.15, -0.1) is 0 Å². The van der Waals surface area contributed by atoms with Crippen molar-refractivity contribution in [1.82, 2.24) is 5.32 Å². The molecule has 0 aliphatic rings. The quantitative estimate of drug-likeness (QED) is 0.730. The van der Waals surface area contributed by atoms with Crippen molar-refractivity contribution in [2.75, 3.05) is 6.61 Å². The number of carbonyl (C=O) groups is 2. The molecule has 1 atom stereocenters. The molecular weight excluding hydrogens is 361 g/mol. The number of ether oxygens (including phenoxy) is 1. The maximum atomic E-state index is 12.0. The minimum absolute atomic E-state index is 0.0267. The lowest BCUT2D eigenvalue weighted by Crippen LogP contribution is -2.36. The second-order valence-electron chi connectivity index (χ2n) is 5.67. The number of benzene rings is 2. The van der Waals surface area contributed by atoms with Crippen LogP contribution < -0.4 is 5.32 Å². The summed E-state index contributed by atoms with van der Waals surface area (Å²) in [6.07, 6.45) is 1.66. The Labute approximate surface area is 157 Å². The summed E-state index contributed by atoms with van der Waals surface area (Å²) in [5.74, 6) is -1.04. The van der Waals surface area contributed by atoms with Gasteiger partial charge < -0.3 is 10.1 Å². The molecule has 1 N–H and O–H groups in total. The summed E-state index contributed by atoms with van der Waals surface area (Å²) in [4.78, 5) is 23.9. The molecule has 2 aromatic carbocycles. The second-order valence-corrected chi connectivity index (χ2v) is 6.46. The van der Waals surface area contributed by atoms with Gasteiger partial charge in [-0.3, -0.25) is 4.79 Å². The lowest BCUT2D eigenvalue weighted by atomic mass is 10.1. The van der Waals surface area contributed by atoms with E-state index in [0.717, 1.165) is 12.8 Å². The Morgan fingerprint density at radius 1 is 1.08 bits per heavy atom. The van der Waals surface area contributed by atoms with Gasteiger partial charge in [-0.05, 0) is 37.5 Å². The highest BCUT2D eigenvalue weighted by Gasteiger charge is 2.16. The van der Waals surface area contributed by atoms with Crippen LogP contribution in [-0.4, -0.2) is 24.5 Å². The highest BCUT2D eigenvalue weighted by Crippen LogP contribution is 2.25. The van der Waals surface area contributed by atoms with Crippen molar-refractivity contribution >= 4 is 35.1 Å². The Kier molecular flexibility index (Phi) is 7.29. The summed E-state index contributed by atoms with van der Waals surface area (Å²) in [7, 11) is 0. The van der Waals surface area contributed by atoms with Crippen LogP contribution in [0, 0.1) is 0 Å². The molecule has 0 spiro atoms. The molecule has 0 bridgehead atoms. The van der Waals surface area contributed by atoms with E-state index in [1.54, 1.807) is 12.1 Å². The van der Waals surface area contributed by atoms with E-state index in [1.165, 1.54) is 11.6 Å². The van der Waals surface area contributed by atoms with E-state index in [4.69, 9.17) is 27.9 Å². The zero-order valence-electron chi connectivity index (χ0n) is 13.8. The molecule has 132 valence electrons. The maximum Gasteiger partial charge on any atom is 0.340 e. The fraction of sp³-hybridized carbons (Fsp3) is 0.263. The van der Waals surface area contributed by atoms with Crippen LogP contribution in [0.1, 0.15) is 29.3 Å². The lowest BCUT2D eigenvalue weighted by Gasteiger charge is -2.14. The zero-order valence-corrected chi connectivity index (χ0v) is 15.3. The summed E-state index contributed by atoms with van der Waals surface area (Å²) in [6, 6.07) is 14.7. The Morgan fingerprint density at radius 3 is 2.52 bits per heavy atom. The first-order valence-electron chi connectivity index (χ1n) is 7.92. The van der Waals surface area contributed by atoms with Crippen molar-refractivity contribution in [3.8, 4) is 0 Å². The van der Waals surface area contributed by atoms with Crippen molar-refractivity contribution in [3.63, 3.8) is 0 Å². The van der Waals surface area contributed by atoms with Gasteiger partial charge in [-0.1, -0.05) is 59.6 Å². The van der Waals surface area contributed by atoms with E-state index in [0.29, 0.717) is 0 Å². The number of hydrogen-bond donors (Lipinski definition) is 1. The molecule has 0 saturated heterocycles. The number of nitrogens with one attached hydrogen (secondary N) is 1. The third-order valence-electron chi connectivity index (χ3n) is 3.62. The van der Waals surface area contributed by atoms with Crippen molar-refractivity contribution in [2.24, 2.45) is 0 Å². The summed E-state index contributed by atoms with van der Waals surface area (Å²) < 4.78 is 5.00. The lowest BCUT2D eigenvalue weighted by molar-refractivity contribution is -0.124. The SMILES string of the molecule is C[C@@H](CCc1ccccc1)NC(=O)COC(=O)c1cccc(Cl)c1Cl. The smallest absolute Gasteiger partial charge is 0.340 e. The number of aryl methyl sites for hydroxylation is 1. The van der Waals surface area contributed by atoms with Gasteiger partial charge in [0.2, 0.25) is 0 Å². The highest BCUT2D eigenvalue weighted by molar-refractivity contribution is 6.43. The molecule has 0 aliphatic carbocycles. The monoisotopic (exact) mass is 379 g/mol. The predicted molar refractivity (Wildman–Crippen MR) is 99.1 cm³/mol. The second kappa shape index (κ2) is 9.44. The van der Waals surface area contributed by atoms with E-state index < -0.39 is 5.97 Å². The average molecular weight is 380 g/mol. The first-order chi connectivity index (χ1) is 12.0. The summed E-state index contributed by atoms with van der Waals surface area (Å²) in [5.41, 5.74) is 1.35. The van der Waals surface area contributed by atoms with Gasteiger partial charge in [0, 0.05) is 6.04 Å². The van der Waals surface area contributed by atoms with Crippen LogP contribution in [0.25, 0.3) is 0 Å². The topological polar surface area (TPSA) is 55.4 Å². The number of hydrogen-bond acceptors (Lipinski definition) is 3. The molecular formula is C19H19Cl2NO3. The van der Waals surface area contributed by atoms with Crippen LogP contribution in [0.4, 0.5) is 0 Å². The van der Waals surface area contributed by atoms with Gasteiger partial charge in [-0.25, -0.2) is 4.79 Å². The Bertz CT molecular complexity index is 735. The van der Waals surface area contributed by atoms with Crippen LogP contribution in [0.2, 0.25) is 10.0 Å². The molecule has 0 fully saturated rings. The minimum Gasteiger partial charge on any atom is -0.452 e. The summed E-state index contributed by atoms with van der Waals surface area (Å²) in [5, 5.41) is 3.18. The van der Waals surface area contributed by atoms with E-state index >= 15 is 0 Å². The fourth-order valence-electron chi connectivity index (χ4n) is 2.29. The van der Waals surface area contributed by atoms with Crippen LogP contribution in [-0.2, 0) is 16.0 Å². The molecule has 4 nitrogen and oxygen atoms in total. The minimum atomic E-state index is -0.681. The number of esters is 1. The number of rotatable bonds is 7. The van der Waals surface area contributed by atoms with Crippen molar-refractivity contribution in [2.45, 2.75) is 25.8 Å². The van der Waals surface area contributed by atoms with Gasteiger partial charge in [0.1, 0.15) is 0 Å². The maximum absolute atomic E-state index is 12.0. The van der Waals surface area contributed by atoms with Gasteiger partial charge in [-0.2, -0.15) is 0 Å². The number of halogens is 2. The van der Waals surface area contributed by atoms with Crippen LogP contribution in [0.5, 0.6) is 0 Å². The van der Waals surface area contributed by atoms with E-state index in [9.17, 15) is 9.59 Å². The normalized spacial score (nSPS) is 11.6. The fourth-order valence-corrected chi connectivity index (χ4v) is 2.66. The largest absolute Gasteiger partial charge is 0.452 e. The van der Waals surface area contributed by atoms with Crippen LogP contribution >= 0.6 is 23.2 Å². The highest BCUT2D eigenvalue weighted by atomic mass is 35.5. The third kappa shape index (κ3) is 6.07. The summed E-state index contributed by atoms with van der Waals surface area (Å²) in [6.45, 7) is 1.55. The molecule has 0 aromatic heterocycles. The van der Waals surface area contributed by atoms with Gasteiger partial charge in [0.25, 0.3) is 5.91 Å². The van der Waals surface area contributed by atoms with E-state index in [2.05, 4.69) is 5.32 Å². The Balaban J connectivity index is 1.76. The summed E-state index contributed by atoms with van der Waals surface area (Å²) >= 11 is 11.8. The standard InChI is InChI=1S/C19H19Cl2NO3/c1-13(10-11-14-6-3-2-4-7-14)22-17(23)12-25-19(24)15-8-5-9-16(20)18(15)21/h2-9,13H,10-12H2,1H3,(H,22,23)/t13-/m0/s1. The molecule has 6 heteroatoms. The van der Waals surface area contributed by atoms with Crippen LogP contribution in [0.15, 0.2) is 48.5 Å². The first kappa shape index (κ1) is 19.3. The Morgan fingerprint density at radius 2 is 1.80 bits per heavy atom. The molecule has 0 radical (unpaired) electrons. The van der Waals surface area contributed by atoms with Crippen LogP contribution in [0.3, 0.4) is 0 Å². The third-order valence-corrected chi connectivity index (χ3v) is 4.44. The van der Waals surface area contributed by atoms with Crippen molar-refractivity contribution < 1.29 is 14.3 Å². The van der Waals surface area contributed by atoms with Gasteiger partial charge in [0.05, 0.1) is 15.6 Å².